The van der Waals surface area contributed by atoms with Crippen LogP contribution in [-0.2, 0) is 19.6 Å². The minimum absolute atomic E-state index is 0.0314. The molecule has 182 valence electrons. The van der Waals surface area contributed by atoms with Crippen LogP contribution >= 0.6 is 11.6 Å². The molecule has 3 rings (SSSR count). The third kappa shape index (κ3) is 6.55. The zero-order chi connectivity index (χ0) is 25.4. The number of azo groups is 1. The van der Waals surface area contributed by atoms with Crippen LogP contribution in [0.15, 0.2) is 87.8 Å². The number of hydrogen-bond acceptors (Lipinski definition) is 9. The van der Waals surface area contributed by atoms with E-state index in [1.165, 1.54) is 43.8 Å². The van der Waals surface area contributed by atoms with Gasteiger partial charge in [0.25, 0.3) is 10.0 Å². The first-order valence-corrected chi connectivity index (χ1v) is 12.0. The molecular weight excluding hydrogens is 496 g/mol. The van der Waals surface area contributed by atoms with Crippen molar-refractivity contribution in [2.75, 3.05) is 18.4 Å². The molecule has 0 spiro atoms. The SMILES string of the molecule is CCOC(=O)/C(N=Nc1cc(S(=O)(=O)Nc2ccc(OC)cc2)ccc1Cl)=C(/O)c1cccnc1. The number of halogens is 1. The number of anilines is 1. The van der Waals surface area contributed by atoms with Gasteiger partial charge in [0.05, 0.1) is 23.6 Å². The Morgan fingerprint density at radius 1 is 1.17 bits per heavy atom. The minimum Gasteiger partial charge on any atom is -0.505 e. The predicted octanol–water partition coefficient (Wildman–Crippen LogP) is 5.12. The van der Waals surface area contributed by atoms with Crippen molar-refractivity contribution in [2.24, 2.45) is 10.2 Å². The summed E-state index contributed by atoms with van der Waals surface area (Å²) in [5, 5.41) is 18.3. The highest BCUT2D eigenvalue weighted by Crippen LogP contribution is 2.30. The van der Waals surface area contributed by atoms with Gasteiger partial charge in [0, 0.05) is 23.6 Å². The van der Waals surface area contributed by atoms with Crippen LogP contribution in [0.1, 0.15) is 12.5 Å². The molecule has 1 heterocycles. The van der Waals surface area contributed by atoms with E-state index in [9.17, 15) is 18.3 Å². The largest absolute Gasteiger partial charge is 0.505 e. The van der Waals surface area contributed by atoms with Crippen molar-refractivity contribution in [3.63, 3.8) is 0 Å². The highest BCUT2D eigenvalue weighted by atomic mass is 35.5. The van der Waals surface area contributed by atoms with Gasteiger partial charge in [0.2, 0.25) is 5.70 Å². The van der Waals surface area contributed by atoms with Gasteiger partial charge in [0.1, 0.15) is 11.4 Å². The van der Waals surface area contributed by atoms with Gasteiger partial charge in [0.15, 0.2) is 5.76 Å². The molecule has 0 saturated carbocycles. The van der Waals surface area contributed by atoms with Crippen molar-refractivity contribution in [1.82, 2.24) is 4.98 Å². The van der Waals surface area contributed by atoms with Gasteiger partial charge in [-0.3, -0.25) is 9.71 Å². The summed E-state index contributed by atoms with van der Waals surface area (Å²) in [5.74, 6) is -0.873. The van der Waals surface area contributed by atoms with Crippen molar-refractivity contribution in [1.29, 1.82) is 0 Å². The number of benzene rings is 2. The fourth-order valence-corrected chi connectivity index (χ4v) is 3.97. The Balaban J connectivity index is 1.95. The summed E-state index contributed by atoms with van der Waals surface area (Å²) in [5.41, 5.74) is -0.0240. The van der Waals surface area contributed by atoms with Gasteiger partial charge in [-0.05, 0) is 61.5 Å². The molecule has 0 unspecified atom stereocenters. The van der Waals surface area contributed by atoms with E-state index in [0.717, 1.165) is 0 Å². The second-order valence-corrected chi connectivity index (χ2v) is 8.90. The molecule has 0 radical (unpaired) electrons. The summed E-state index contributed by atoms with van der Waals surface area (Å²) in [6, 6.07) is 13.2. The number of methoxy groups -OCH3 is 1. The average Bonchev–Trinajstić information content (AvgIpc) is 2.86. The lowest BCUT2D eigenvalue weighted by molar-refractivity contribution is -0.138. The Morgan fingerprint density at radius 3 is 2.54 bits per heavy atom. The first-order valence-electron chi connectivity index (χ1n) is 10.1. The molecule has 0 saturated heterocycles. The Morgan fingerprint density at radius 2 is 1.91 bits per heavy atom. The maximum Gasteiger partial charge on any atom is 0.362 e. The molecule has 0 bridgehead atoms. The molecule has 2 aromatic carbocycles. The summed E-state index contributed by atoms with van der Waals surface area (Å²) in [7, 11) is -2.51. The number of aromatic nitrogens is 1. The van der Waals surface area contributed by atoms with Crippen LogP contribution < -0.4 is 9.46 Å². The van der Waals surface area contributed by atoms with Crippen LogP contribution in [0.25, 0.3) is 5.76 Å². The van der Waals surface area contributed by atoms with Gasteiger partial charge < -0.3 is 14.6 Å². The number of sulfonamides is 1. The number of rotatable bonds is 9. The second-order valence-electron chi connectivity index (χ2n) is 6.81. The van der Waals surface area contributed by atoms with E-state index in [1.54, 1.807) is 37.3 Å². The molecular formula is C23H21ClN4O6S. The van der Waals surface area contributed by atoms with Crippen LogP contribution in [0, 0.1) is 0 Å². The predicted molar refractivity (Wildman–Crippen MR) is 130 cm³/mol. The lowest BCUT2D eigenvalue weighted by Gasteiger charge is -2.10. The number of ether oxygens (including phenoxy) is 2. The summed E-state index contributed by atoms with van der Waals surface area (Å²) in [4.78, 5) is 16.1. The maximum atomic E-state index is 12.9. The molecule has 0 aliphatic rings. The summed E-state index contributed by atoms with van der Waals surface area (Å²) >= 11 is 6.17. The van der Waals surface area contributed by atoms with Crippen molar-refractivity contribution < 1.29 is 27.8 Å². The Kier molecular flexibility index (Phi) is 8.39. The molecule has 0 fully saturated rings. The van der Waals surface area contributed by atoms with Crippen LogP contribution in [0.4, 0.5) is 11.4 Å². The lowest BCUT2D eigenvalue weighted by Crippen LogP contribution is -2.12. The fraction of sp³-hybridized carbons (Fsp3) is 0.130. The number of aliphatic hydroxyl groups excluding tert-OH is 1. The molecule has 0 aliphatic heterocycles. The van der Waals surface area contributed by atoms with Crippen LogP contribution in [0.2, 0.25) is 5.02 Å². The maximum absolute atomic E-state index is 12.9. The highest BCUT2D eigenvalue weighted by Gasteiger charge is 2.20. The molecule has 35 heavy (non-hydrogen) atoms. The van der Waals surface area contributed by atoms with Crippen LogP contribution in [-0.4, -0.2) is 38.2 Å². The second kappa shape index (κ2) is 11.4. The van der Waals surface area contributed by atoms with Gasteiger partial charge in [-0.25, -0.2) is 13.2 Å². The van der Waals surface area contributed by atoms with Crippen LogP contribution in [0.3, 0.4) is 0 Å². The third-order valence-electron chi connectivity index (χ3n) is 4.46. The van der Waals surface area contributed by atoms with Crippen molar-refractivity contribution in [3.05, 3.63) is 83.3 Å². The van der Waals surface area contributed by atoms with E-state index >= 15 is 0 Å². The number of nitrogens with one attached hydrogen (secondary N) is 1. The lowest BCUT2D eigenvalue weighted by atomic mass is 10.2. The minimum atomic E-state index is -4.01. The Bertz CT molecular complexity index is 1360. The Labute approximate surface area is 207 Å². The zero-order valence-electron chi connectivity index (χ0n) is 18.7. The van der Waals surface area contributed by atoms with E-state index in [0.29, 0.717) is 11.4 Å². The number of aliphatic hydroxyl groups is 1. The van der Waals surface area contributed by atoms with E-state index in [1.807, 2.05) is 0 Å². The molecule has 10 nitrogen and oxygen atoms in total. The molecule has 0 amide bonds. The number of nitrogens with zero attached hydrogens (tertiary/aromatic N) is 3. The summed E-state index contributed by atoms with van der Waals surface area (Å²) < 4.78 is 38.2. The monoisotopic (exact) mass is 516 g/mol. The number of carbonyl (C=O) groups is 1. The van der Waals surface area contributed by atoms with Gasteiger partial charge in [-0.2, -0.15) is 0 Å². The van der Waals surface area contributed by atoms with Gasteiger partial charge in [-0.15, -0.1) is 10.2 Å². The Hall–Kier alpha value is -3.96. The first-order chi connectivity index (χ1) is 16.7. The van der Waals surface area contributed by atoms with Gasteiger partial charge >= 0.3 is 5.97 Å². The molecule has 0 atom stereocenters. The summed E-state index contributed by atoms with van der Waals surface area (Å²) in [6.07, 6.45) is 2.82. The number of hydrogen-bond donors (Lipinski definition) is 2. The molecule has 0 aliphatic carbocycles. The van der Waals surface area contributed by atoms with E-state index in [-0.39, 0.29) is 27.8 Å². The quantitative estimate of drug-likeness (QED) is 0.174. The standard InChI is InChI=1S/C23H21ClN4O6S/c1-3-34-23(30)21(22(29)15-5-4-12-25-14-15)27-26-20-13-18(10-11-19(20)24)35(31,32)28-16-6-8-17(33-2)9-7-16/h4-14,28-29H,3H2,1-2H3/b22-21-,27-26?. The fourth-order valence-electron chi connectivity index (χ4n) is 2.74. The topological polar surface area (TPSA) is 140 Å². The van der Waals surface area contributed by atoms with E-state index in [4.69, 9.17) is 21.1 Å². The average molecular weight is 517 g/mol. The highest BCUT2D eigenvalue weighted by molar-refractivity contribution is 7.92. The molecule has 2 N–H and O–H groups in total. The summed E-state index contributed by atoms with van der Waals surface area (Å²) in [6.45, 7) is 1.62. The van der Waals surface area contributed by atoms with E-state index < -0.39 is 27.4 Å². The molecule has 12 heteroatoms. The van der Waals surface area contributed by atoms with Crippen molar-refractivity contribution >= 4 is 44.7 Å². The van der Waals surface area contributed by atoms with Gasteiger partial charge in [-0.1, -0.05) is 11.6 Å². The third-order valence-corrected chi connectivity index (χ3v) is 6.15. The van der Waals surface area contributed by atoms with Crippen molar-refractivity contribution in [2.45, 2.75) is 11.8 Å². The van der Waals surface area contributed by atoms with Crippen LogP contribution in [0.5, 0.6) is 5.75 Å². The molecule has 1 aromatic heterocycles. The smallest absolute Gasteiger partial charge is 0.362 e. The van der Waals surface area contributed by atoms with E-state index in [2.05, 4.69) is 19.9 Å². The number of carbonyl (C=O) groups excluding carboxylic acids is 1. The zero-order valence-corrected chi connectivity index (χ0v) is 20.2. The normalized spacial score (nSPS) is 12.2. The first kappa shape index (κ1) is 25.7. The number of esters is 1. The molecule has 3 aromatic rings. The number of pyridine rings is 1. The van der Waals surface area contributed by atoms with Crippen molar-refractivity contribution in [3.8, 4) is 5.75 Å².